The molecule has 2 aromatic rings. The number of amides is 2. The zero-order valence-electron chi connectivity index (χ0n) is 18.8. The third-order valence-corrected chi connectivity index (χ3v) is 7.25. The Morgan fingerprint density at radius 3 is 2.16 bits per heavy atom. The Morgan fingerprint density at radius 2 is 1.56 bits per heavy atom. The number of halogens is 1. The largest absolute Gasteiger partial charge is 0.343 e. The van der Waals surface area contributed by atoms with Crippen molar-refractivity contribution in [2.75, 3.05) is 26.2 Å². The second-order valence-electron chi connectivity index (χ2n) is 9.38. The van der Waals surface area contributed by atoms with Gasteiger partial charge in [0.1, 0.15) is 5.82 Å². The SMILES string of the molecule is CC(=O)N1CCC(Cc2ccc(F)cc2)(C(=O)N2CCC(Cc3ccncc3)CC2)CC1. The fourth-order valence-corrected chi connectivity index (χ4v) is 5.24. The molecule has 4 rings (SSSR count). The number of likely N-dealkylation sites (tertiary alicyclic amines) is 2. The van der Waals surface area contributed by atoms with E-state index in [1.165, 1.54) is 17.7 Å². The molecule has 32 heavy (non-hydrogen) atoms. The molecule has 2 aliphatic rings. The van der Waals surface area contributed by atoms with E-state index in [-0.39, 0.29) is 17.6 Å². The lowest BCUT2D eigenvalue weighted by Crippen LogP contribution is -2.53. The standard InChI is InChI=1S/C26H32FN3O2/c1-20(31)29-16-10-26(11-17-29,19-23-2-4-24(27)5-3-23)25(32)30-14-8-22(9-15-30)18-21-6-12-28-13-7-21/h2-7,12-13,22H,8-11,14-19H2,1H3. The van der Waals surface area contributed by atoms with Gasteiger partial charge in [0.2, 0.25) is 11.8 Å². The third kappa shape index (κ3) is 5.17. The van der Waals surface area contributed by atoms with E-state index in [0.29, 0.717) is 38.3 Å². The van der Waals surface area contributed by atoms with Crippen molar-refractivity contribution in [3.63, 3.8) is 0 Å². The summed E-state index contributed by atoms with van der Waals surface area (Å²) in [6.45, 7) is 4.33. The van der Waals surface area contributed by atoms with Gasteiger partial charge in [-0.05, 0) is 79.8 Å². The number of carbonyl (C=O) groups excluding carboxylic acids is 2. The number of pyridine rings is 1. The van der Waals surface area contributed by atoms with Gasteiger partial charge in [-0.1, -0.05) is 12.1 Å². The molecule has 0 N–H and O–H groups in total. The van der Waals surface area contributed by atoms with Crippen molar-refractivity contribution in [3.8, 4) is 0 Å². The van der Waals surface area contributed by atoms with Crippen LogP contribution in [0, 0.1) is 17.2 Å². The molecule has 0 atom stereocenters. The molecule has 2 fully saturated rings. The van der Waals surface area contributed by atoms with Crippen molar-refractivity contribution in [1.29, 1.82) is 0 Å². The van der Waals surface area contributed by atoms with E-state index in [0.717, 1.165) is 37.9 Å². The molecular formula is C26H32FN3O2. The molecular weight excluding hydrogens is 405 g/mol. The molecule has 2 aliphatic heterocycles. The fraction of sp³-hybridized carbons (Fsp3) is 0.500. The van der Waals surface area contributed by atoms with Gasteiger partial charge in [-0.3, -0.25) is 14.6 Å². The van der Waals surface area contributed by atoms with E-state index in [2.05, 4.69) is 17.1 Å². The van der Waals surface area contributed by atoms with Crippen molar-refractivity contribution in [1.82, 2.24) is 14.8 Å². The zero-order chi connectivity index (χ0) is 22.6. The first-order chi connectivity index (χ1) is 15.4. The van der Waals surface area contributed by atoms with Crippen LogP contribution in [0.1, 0.15) is 43.7 Å². The Kier molecular flexibility index (Phi) is 6.87. The molecule has 5 nitrogen and oxygen atoms in total. The van der Waals surface area contributed by atoms with Gasteiger partial charge in [-0.2, -0.15) is 0 Å². The van der Waals surface area contributed by atoms with Crippen LogP contribution in [-0.4, -0.2) is 52.8 Å². The van der Waals surface area contributed by atoms with Gasteiger partial charge in [0.05, 0.1) is 5.41 Å². The van der Waals surface area contributed by atoms with Gasteiger partial charge in [0, 0.05) is 45.5 Å². The molecule has 3 heterocycles. The van der Waals surface area contributed by atoms with Gasteiger partial charge < -0.3 is 9.80 Å². The second kappa shape index (κ2) is 9.80. The van der Waals surface area contributed by atoms with E-state index in [4.69, 9.17) is 0 Å². The molecule has 2 saturated heterocycles. The van der Waals surface area contributed by atoms with E-state index < -0.39 is 5.41 Å². The minimum Gasteiger partial charge on any atom is -0.343 e. The Bertz CT molecular complexity index is 916. The summed E-state index contributed by atoms with van der Waals surface area (Å²) in [6.07, 6.45) is 8.59. The van der Waals surface area contributed by atoms with Gasteiger partial charge in [-0.25, -0.2) is 4.39 Å². The normalized spacial score (nSPS) is 19.1. The molecule has 2 amide bonds. The lowest BCUT2D eigenvalue weighted by Gasteiger charge is -2.44. The minimum absolute atomic E-state index is 0.0600. The molecule has 0 bridgehead atoms. The van der Waals surface area contributed by atoms with Crippen LogP contribution in [-0.2, 0) is 22.4 Å². The summed E-state index contributed by atoms with van der Waals surface area (Å²) in [7, 11) is 0. The van der Waals surface area contributed by atoms with Crippen molar-refractivity contribution < 1.29 is 14.0 Å². The summed E-state index contributed by atoms with van der Waals surface area (Å²) in [5.41, 5.74) is 1.75. The van der Waals surface area contributed by atoms with Crippen molar-refractivity contribution in [2.24, 2.45) is 11.3 Å². The average Bonchev–Trinajstić information content (AvgIpc) is 2.81. The van der Waals surface area contributed by atoms with Crippen LogP contribution in [0.25, 0.3) is 0 Å². The third-order valence-electron chi connectivity index (χ3n) is 7.25. The molecule has 170 valence electrons. The number of benzene rings is 1. The number of nitrogens with zero attached hydrogens (tertiary/aromatic N) is 3. The monoisotopic (exact) mass is 437 g/mol. The Morgan fingerprint density at radius 1 is 0.938 bits per heavy atom. The van der Waals surface area contributed by atoms with Crippen LogP contribution in [0.15, 0.2) is 48.8 Å². The predicted octanol–water partition coefficient (Wildman–Crippen LogP) is 3.87. The quantitative estimate of drug-likeness (QED) is 0.714. The summed E-state index contributed by atoms with van der Waals surface area (Å²) >= 11 is 0. The highest BCUT2D eigenvalue weighted by molar-refractivity contribution is 5.84. The van der Waals surface area contributed by atoms with E-state index in [1.54, 1.807) is 19.1 Å². The molecule has 0 radical (unpaired) electrons. The molecule has 0 saturated carbocycles. The molecule has 0 aliphatic carbocycles. The molecule has 0 unspecified atom stereocenters. The van der Waals surface area contributed by atoms with E-state index >= 15 is 0 Å². The lowest BCUT2D eigenvalue weighted by molar-refractivity contribution is -0.149. The summed E-state index contributed by atoms with van der Waals surface area (Å²) in [6, 6.07) is 10.6. The van der Waals surface area contributed by atoms with Crippen molar-refractivity contribution >= 4 is 11.8 Å². The highest BCUT2D eigenvalue weighted by Crippen LogP contribution is 2.38. The van der Waals surface area contributed by atoms with Crippen LogP contribution in [0.5, 0.6) is 0 Å². The zero-order valence-corrected chi connectivity index (χ0v) is 18.8. The number of piperidine rings is 2. The highest BCUT2D eigenvalue weighted by atomic mass is 19.1. The number of hydrogen-bond donors (Lipinski definition) is 0. The van der Waals surface area contributed by atoms with Crippen LogP contribution in [0.4, 0.5) is 4.39 Å². The summed E-state index contributed by atoms with van der Waals surface area (Å²) in [5.74, 6) is 0.572. The summed E-state index contributed by atoms with van der Waals surface area (Å²) in [5, 5.41) is 0. The van der Waals surface area contributed by atoms with Crippen LogP contribution >= 0.6 is 0 Å². The van der Waals surface area contributed by atoms with Crippen LogP contribution < -0.4 is 0 Å². The van der Waals surface area contributed by atoms with E-state index in [9.17, 15) is 14.0 Å². The predicted molar refractivity (Wildman–Crippen MR) is 121 cm³/mol. The molecule has 6 heteroatoms. The number of rotatable bonds is 5. The van der Waals surface area contributed by atoms with Gasteiger partial charge >= 0.3 is 0 Å². The topological polar surface area (TPSA) is 53.5 Å². The minimum atomic E-state index is -0.526. The Balaban J connectivity index is 1.44. The van der Waals surface area contributed by atoms with E-state index in [1.807, 2.05) is 22.2 Å². The Labute approximate surface area is 189 Å². The average molecular weight is 438 g/mol. The van der Waals surface area contributed by atoms with Gasteiger partial charge in [-0.15, -0.1) is 0 Å². The maximum absolute atomic E-state index is 13.8. The maximum Gasteiger partial charge on any atom is 0.229 e. The van der Waals surface area contributed by atoms with Gasteiger partial charge in [0.25, 0.3) is 0 Å². The summed E-state index contributed by atoms with van der Waals surface area (Å²) < 4.78 is 13.4. The first-order valence-electron chi connectivity index (χ1n) is 11.6. The molecule has 1 aromatic carbocycles. The molecule has 1 aromatic heterocycles. The first kappa shape index (κ1) is 22.4. The van der Waals surface area contributed by atoms with Crippen LogP contribution in [0.3, 0.4) is 0 Å². The number of hydrogen-bond acceptors (Lipinski definition) is 3. The fourth-order valence-electron chi connectivity index (χ4n) is 5.24. The highest BCUT2D eigenvalue weighted by Gasteiger charge is 2.44. The van der Waals surface area contributed by atoms with Crippen LogP contribution in [0.2, 0.25) is 0 Å². The smallest absolute Gasteiger partial charge is 0.229 e. The second-order valence-corrected chi connectivity index (χ2v) is 9.38. The number of aromatic nitrogens is 1. The number of carbonyl (C=O) groups is 2. The van der Waals surface area contributed by atoms with Crippen molar-refractivity contribution in [3.05, 3.63) is 65.7 Å². The molecule has 0 spiro atoms. The summed E-state index contributed by atoms with van der Waals surface area (Å²) in [4.78, 5) is 33.6. The Hall–Kier alpha value is -2.76. The van der Waals surface area contributed by atoms with Crippen molar-refractivity contribution in [2.45, 2.75) is 45.4 Å². The lowest BCUT2D eigenvalue weighted by atomic mass is 9.72. The maximum atomic E-state index is 13.8. The first-order valence-corrected chi connectivity index (χ1v) is 11.6. The van der Waals surface area contributed by atoms with Gasteiger partial charge in [0.15, 0.2) is 0 Å².